The van der Waals surface area contributed by atoms with Crippen LogP contribution < -0.4 is 0 Å². The Morgan fingerprint density at radius 3 is 2.47 bits per heavy atom. The molecule has 102 valence electrons. The SMILES string of the molecule is CCCCC(CC)CC(O)C1CCC(CC)C1. The van der Waals surface area contributed by atoms with Gasteiger partial charge in [-0.15, -0.1) is 0 Å². The molecule has 0 aliphatic heterocycles. The van der Waals surface area contributed by atoms with Gasteiger partial charge in [-0.1, -0.05) is 59.3 Å². The van der Waals surface area contributed by atoms with Gasteiger partial charge in [0.15, 0.2) is 0 Å². The van der Waals surface area contributed by atoms with Gasteiger partial charge < -0.3 is 5.11 Å². The molecule has 0 radical (unpaired) electrons. The minimum absolute atomic E-state index is 0.0200. The normalized spacial score (nSPS) is 28.2. The summed E-state index contributed by atoms with van der Waals surface area (Å²) >= 11 is 0. The molecule has 0 spiro atoms. The third-order valence-electron chi connectivity index (χ3n) is 4.82. The zero-order valence-corrected chi connectivity index (χ0v) is 12.1. The molecule has 4 unspecified atom stereocenters. The number of hydrogen-bond donors (Lipinski definition) is 1. The van der Waals surface area contributed by atoms with E-state index in [9.17, 15) is 5.11 Å². The van der Waals surface area contributed by atoms with E-state index in [1.807, 2.05) is 0 Å². The molecular formula is C16H32O. The van der Waals surface area contributed by atoms with E-state index in [2.05, 4.69) is 20.8 Å². The van der Waals surface area contributed by atoms with Gasteiger partial charge in [0, 0.05) is 0 Å². The third-order valence-corrected chi connectivity index (χ3v) is 4.82. The lowest BCUT2D eigenvalue weighted by Gasteiger charge is -2.23. The van der Waals surface area contributed by atoms with Crippen molar-refractivity contribution in [1.29, 1.82) is 0 Å². The van der Waals surface area contributed by atoms with E-state index in [1.54, 1.807) is 0 Å². The first-order valence-corrected chi connectivity index (χ1v) is 7.89. The number of unbranched alkanes of at least 4 members (excludes halogenated alkanes) is 1. The van der Waals surface area contributed by atoms with Gasteiger partial charge in [0.1, 0.15) is 0 Å². The Labute approximate surface area is 108 Å². The van der Waals surface area contributed by atoms with E-state index in [1.165, 1.54) is 51.4 Å². The topological polar surface area (TPSA) is 20.2 Å². The highest BCUT2D eigenvalue weighted by Crippen LogP contribution is 2.37. The summed E-state index contributed by atoms with van der Waals surface area (Å²) in [6, 6.07) is 0. The molecule has 4 atom stereocenters. The van der Waals surface area contributed by atoms with Crippen molar-refractivity contribution in [2.75, 3.05) is 0 Å². The molecule has 1 rings (SSSR count). The molecular weight excluding hydrogens is 208 g/mol. The second kappa shape index (κ2) is 8.13. The highest BCUT2D eigenvalue weighted by Gasteiger charge is 2.29. The van der Waals surface area contributed by atoms with Crippen LogP contribution in [0.15, 0.2) is 0 Å². The molecule has 1 aliphatic carbocycles. The summed E-state index contributed by atoms with van der Waals surface area (Å²) < 4.78 is 0. The molecule has 0 aromatic rings. The van der Waals surface area contributed by atoms with Gasteiger partial charge in [0.2, 0.25) is 0 Å². The molecule has 0 aromatic carbocycles. The zero-order chi connectivity index (χ0) is 12.7. The predicted octanol–water partition coefficient (Wildman–Crippen LogP) is 4.78. The Morgan fingerprint density at radius 2 is 1.94 bits per heavy atom. The van der Waals surface area contributed by atoms with Crippen molar-refractivity contribution < 1.29 is 5.11 Å². The first-order valence-electron chi connectivity index (χ1n) is 7.89. The molecule has 1 N–H and O–H groups in total. The molecule has 1 heteroatoms. The van der Waals surface area contributed by atoms with Crippen LogP contribution in [0.4, 0.5) is 0 Å². The van der Waals surface area contributed by atoms with Gasteiger partial charge in [-0.3, -0.25) is 0 Å². The van der Waals surface area contributed by atoms with E-state index >= 15 is 0 Å². The van der Waals surface area contributed by atoms with Crippen LogP contribution >= 0.6 is 0 Å². The van der Waals surface area contributed by atoms with Crippen LogP contribution in [0.1, 0.15) is 78.6 Å². The molecule has 0 aromatic heterocycles. The van der Waals surface area contributed by atoms with Crippen molar-refractivity contribution in [3.05, 3.63) is 0 Å². The predicted molar refractivity (Wildman–Crippen MR) is 75.1 cm³/mol. The number of aliphatic hydroxyl groups excluding tert-OH is 1. The van der Waals surface area contributed by atoms with Crippen LogP contribution in [-0.2, 0) is 0 Å². The summed E-state index contributed by atoms with van der Waals surface area (Å²) in [6.45, 7) is 6.82. The Kier molecular flexibility index (Phi) is 7.18. The van der Waals surface area contributed by atoms with Crippen LogP contribution in [0.2, 0.25) is 0 Å². The Hall–Kier alpha value is -0.0400. The number of rotatable bonds is 8. The fourth-order valence-corrected chi connectivity index (χ4v) is 3.35. The maximum Gasteiger partial charge on any atom is 0.0571 e. The highest BCUT2D eigenvalue weighted by molar-refractivity contribution is 4.81. The standard InChI is InChI=1S/C16H32O/c1-4-7-8-13(5-2)12-16(17)15-10-9-14(6-3)11-15/h13-17H,4-12H2,1-3H3. The summed E-state index contributed by atoms with van der Waals surface area (Å²) in [7, 11) is 0. The quantitative estimate of drug-likeness (QED) is 0.647. The summed E-state index contributed by atoms with van der Waals surface area (Å²) in [4.78, 5) is 0. The van der Waals surface area contributed by atoms with Crippen molar-refractivity contribution in [2.45, 2.75) is 84.7 Å². The van der Waals surface area contributed by atoms with Crippen LogP contribution in [0.25, 0.3) is 0 Å². The molecule has 0 bridgehead atoms. The van der Waals surface area contributed by atoms with Crippen molar-refractivity contribution in [2.24, 2.45) is 17.8 Å². The van der Waals surface area contributed by atoms with Crippen LogP contribution in [0.5, 0.6) is 0 Å². The molecule has 17 heavy (non-hydrogen) atoms. The van der Waals surface area contributed by atoms with Crippen LogP contribution in [0.3, 0.4) is 0 Å². The fourth-order valence-electron chi connectivity index (χ4n) is 3.35. The maximum absolute atomic E-state index is 10.4. The maximum atomic E-state index is 10.4. The lowest BCUT2D eigenvalue weighted by atomic mass is 9.87. The number of hydrogen-bond acceptors (Lipinski definition) is 1. The first-order chi connectivity index (χ1) is 8.21. The van der Waals surface area contributed by atoms with E-state index in [0.29, 0.717) is 5.92 Å². The van der Waals surface area contributed by atoms with E-state index in [0.717, 1.165) is 18.3 Å². The fraction of sp³-hybridized carbons (Fsp3) is 1.00. The third kappa shape index (κ3) is 4.99. The van der Waals surface area contributed by atoms with Crippen molar-refractivity contribution in [1.82, 2.24) is 0 Å². The first kappa shape index (κ1) is 15.0. The summed E-state index contributed by atoms with van der Waals surface area (Å²) in [5.41, 5.74) is 0. The second-order valence-corrected chi connectivity index (χ2v) is 6.07. The molecule has 1 fully saturated rings. The smallest absolute Gasteiger partial charge is 0.0571 e. The molecule has 1 nitrogen and oxygen atoms in total. The van der Waals surface area contributed by atoms with E-state index in [-0.39, 0.29) is 6.10 Å². The number of aliphatic hydroxyl groups is 1. The van der Waals surface area contributed by atoms with Crippen LogP contribution in [-0.4, -0.2) is 11.2 Å². The van der Waals surface area contributed by atoms with Crippen LogP contribution in [0, 0.1) is 17.8 Å². The molecule has 1 saturated carbocycles. The lowest BCUT2D eigenvalue weighted by molar-refractivity contribution is 0.0792. The summed E-state index contributed by atoms with van der Waals surface area (Å²) in [5.74, 6) is 2.26. The second-order valence-electron chi connectivity index (χ2n) is 6.07. The van der Waals surface area contributed by atoms with Gasteiger partial charge >= 0.3 is 0 Å². The summed E-state index contributed by atoms with van der Waals surface area (Å²) in [5, 5.41) is 10.4. The average molecular weight is 240 g/mol. The van der Waals surface area contributed by atoms with Gasteiger partial charge in [-0.05, 0) is 37.0 Å². The van der Waals surface area contributed by atoms with Gasteiger partial charge in [0.25, 0.3) is 0 Å². The molecule has 0 amide bonds. The van der Waals surface area contributed by atoms with Gasteiger partial charge in [0.05, 0.1) is 6.10 Å². The van der Waals surface area contributed by atoms with E-state index < -0.39 is 0 Å². The lowest BCUT2D eigenvalue weighted by Crippen LogP contribution is -2.21. The summed E-state index contributed by atoms with van der Waals surface area (Å²) in [6.07, 6.45) is 11.4. The average Bonchev–Trinajstić information content (AvgIpc) is 2.83. The molecule has 0 heterocycles. The zero-order valence-electron chi connectivity index (χ0n) is 12.1. The molecule has 0 saturated heterocycles. The Morgan fingerprint density at radius 1 is 1.18 bits per heavy atom. The van der Waals surface area contributed by atoms with Crippen molar-refractivity contribution in [3.63, 3.8) is 0 Å². The van der Waals surface area contributed by atoms with Gasteiger partial charge in [-0.2, -0.15) is 0 Å². The highest BCUT2D eigenvalue weighted by atomic mass is 16.3. The van der Waals surface area contributed by atoms with Crippen molar-refractivity contribution >= 4 is 0 Å². The van der Waals surface area contributed by atoms with E-state index in [4.69, 9.17) is 0 Å². The minimum atomic E-state index is -0.0200. The monoisotopic (exact) mass is 240 g/mol. The van der Waals surface area contributed by atoms with Crippen molar-refractivity contribution in [3.8, 4) is 0 Å². The largest absolute Gasteiger partial charge is 0.393 e. The Balaban J connectivity index is 2.29. The Bertz CT molecular complexity index is 190. The van der Waals surface area contributed by atoms with Gasteiger partial charge in [-0.25, -0.2) is 0 Å². The molecule has 1 aliphatic rings. The minimum Gasteiger partial charge on any atom is -0.393 e.